The molecular weight excluding hydrogens is 673 g/mol. The minimum Gasteiger partial charge on any atom is -0.462 e. The van der Waals surface area contributed by atoms with Crippen LogP contribution in [0.3, 0.4) is 0 Å². The fourth-order valence-electron chi connectivity index (χ4n) is 5.72. The smallest absolute Gasteiger partial charge is 0.306 e. The minimum atomic E-state index is -0.817. The fraction of sp³-hybridized carbons (Fsp3) is 0.688. The van der Waals surface area contributed by atoms with Gasteiger partial charge in [-0.1, -0.05) is 177 Å². The largest absolute Gasteiger partial charge is 0.462 e. The van der Waals surface area contributed by atoms with Gasteiger partial charge in [0.15, 0.2) is 6.10 Å². The van der Waals surface area contributed by atoms with Gasteiger partial charge in [-0.2, -0.15) is 0 Å². The van der Waals surface area contributed by atoms with Crippen molar-refractivity contribution in [3.8, 4) is 0 Å². The van der Waals surface area contributed by atoms with E-state index in [4.69, 9.17) is 14.2 Å². The van der Waals surface area contributed by atoms with Gasteiger partial charge in [0, 0.05) is 19.3 Å². The zero-order chi connectivity index (χ0) is 39.4. The molecule has 0 amide bonds. The molecule has 308 valence electrons. The van der Waals surface area contributed by atoms with Gasteiger partial charge in [0.05, 0.1) is 0 Å². The summed E-state index contributed by atoms with van der Waals surface area (Å²) in [5, 5.41) is 0. The molecule has 0 aliphatic rings. The number of unbranched alkanes of at least 4 members (excludes halogenated alkanes) is 15. The van der Waals surface area contributed by atoms with Crippen molar-refractivity contribution in [3.63, 3.8) is 0 Å². The monoisotopic (exact) mass is 753 g/mol. The van der Waals surface area contributed by atoms with Crippen LogP contribution in [0.1, 0.15) is 194 Å². The summed E-state index contributed by atoms with van der Waals surface area (Å²) in [5.74, 6) is -1.03. The molecule has 0 spiro atoms. The molecule has 0 aliphatic heterocycles. The van der Waals surface area contributed by atoms with Crippen LogP contribution in [0.4, 0.5) is 0 Å². The molecule has 6 nitrogen and oxygen atoms in total. The maximum atomic E-state index is 12.6. The molecule has 0 aromatic heterocycles. The summed E-state index contributed by atoms with van der Waals surface area (Å²) >= 11 is 0. The Labute approximate surface area is 332 Å². The van der Waals surface area contributed by atoms with Crippen molar-refractivity contribution in [1.82, 2.24) is 0 Å². The second kappa shape index (κ2) is 42.6. The van der Waals surface area contributed by atoms with E-state index in [-0.39, 0.29) is 44.0 Å². The molecule has 0 aromatic carbocycles. The van der Waals surface area contributed by atoms with Gasteiger partial charge in [0.25, 0.3) is 0 Å². The van der Waals surface area contributed by atoms with Crippen molar-refractivity contribution in [1.29, 1.82) is 0 Å². The summed E-state index contributed by atoms with van der Waals surface area (Å²) in [7, 11) is 0. The SMILES string of the molecule is CC/C=C\C/C=C\C/C=C\CCCC(=O)OCC(COC(=O)CCCCCCCCCCCCCCCC)OC(=O)CCC/C=C\C/C=C\C/C=C\CC. The zero-order valence-electron chi connectivity index (χ0n) is 35.0. The highest BCUT2D eigenvalue weighted by Gasteiger charge is 2.19. The molecule has 0 heterocycles. The van der Waals surface area contributed by atoms with E-state index in [1.54, 1.807) is 0 Å². The number of ether oxygens (including phenoxy) is 3. The third-order valence-corrected chi connectivity index (χ3v) is 8.96. The number of rotatable bonds is 38. The lowest BCUT2D eigenvalue weighted by Gasteiger charge is -2.18. The molecule has 0 rings (SSSR count). The maximum absolute atomic E-state index is 12.6. The van der Waals surface area contributed by atoms with Crippen LogP contribution in [-0.2, 0) is 28.6 Å². The number of allylic oxidation sites excluding steroid dienone is 12. The van der Waals surface area contributed by atoms with E-state index >= 15 is 0 Å². The highest BCUT2D eigenvalue weighted by atomic mass is 16.6. The van der Waals surface area contributed by atoms with Gasteiger partial charge in [-0.05, 0) is 70.6 Å². The van der Waals surface area contributed by atoms with Crippen molar-refractivity contribution in [3.05, 3.63) is 72.9 Å². The van der Waals surface area contributed by atoms with E-state index in [9.17, 15) is 14.4 Å². The van der Waals surface area contributed by atoms with E-state index in [1.165, 1.54) is 70.6 Å². The Morgan fingerprint density at radius 2 is 0.722 bits per heavy atom. The van der Waals surface area contributed by atoms with Crippen LogP contribution < -0.4 is 0 Å². The van der Waals surface area contributed by atoms with Gasteiger partial charge in [0.2, 0.25) is 0 Å². The Bertz CT molecular complexity index is 1050. The average molecular weight is 753 g/mol. The van der Waals surface area contributed by atoms with E-state index < -0.39 is 6.10 Å². The average Bonchev–Trinajstić information content (AvgIpc) is 3.17. The van der Waals surface area contributed by atoms with Gasteiger partial charge in [-0.3, -0.25) is 14.4 Å². The van der Waals surface area contributed by atoms with Gasteiger partial charge < -0.3 is 14.2 Å². The van der Waals surface area contributed by atoms with Crippen molar-refractivity contribution >= 4 is 17.9 Å². The maximum Gasteiger partial charge on any atom is 0.306 e. The third-order valence-electron chi connectivity index (χ3n) is 8.96. The summed E-state index contributed by atoms with van der Waals surface area (Å²) in [6.07, 6.45) is 51.9. The van der Waals surface area contributed by atoms with Gasteiger partial charge in [-0.25, -0.2) is 0 Å². The summed E-state index contributed by atoms with van der Waals surface area (Å²) in [6.45, 7) is 6.28. The Morgan fingerprint density at radius 3 is 1.13 bits per heavy atom. The molecular formula is C48H80O6. The lowest BCUT2D eigenvalue weighted by Crippen LogP contribution is -2.30. The van der Waals surface area contributed by atoms with Crippen LogP contribution in [0.5, 0.6) is 0 Å². The van der Waals surface area contributed by atoms with E-state index in [2.05, 4.69) is 93.7 Å². The van der Waals surface area contributed by atoms with Crippen LogP contribution in [0, 0.1) is 0 Å². The molecule has 0 saturated heterocycles. The second-order valence-corrected chi connectivity index (χ2v) is 14.2. The summed E-state index contributed by atoms with van der Waals surface area (Å²) in [6, 6.07) is 0. The van der Waals surface area contributed by atoms with Gasteiger partial charge in [-0.15, -0.1) is 0 Å². The summed E-state index contributed by atoms with van der Waals surface area (Å²) in [5.41, 5.74) is 0. The number of carbonyl (C=O) groups excluding carboxylic acids is 3. The Kier molecular flexibility index (Phi) is 40.1. The van der Waals surface area contributed by atoms with E-state index in [1.807, 2.05) is 0 Å². The van der Waals surface area contributed by atoms with Crippen molar-refractivity contribution < 1.29 is 28.6 Å². The number of esters is 3. The molecule has 0 N–H and O–H groups in total. The highest BCUT2D eigenvalue weighted by molar-refractivity contribution is 5.71. The molecule has 0 aliphatic carbocycles. The van der Waals surface area contributed by atoms with Crippen LogP contribution in [0.25, 0.3) is 0 Å². The quantitative estimate of drug-likeness (QED) is 0.0270. The van der Waals surface area contributed by atoms with E-state index in [0.29, 0.717) is 19.3 Å². The number of hydrogen-bond donors (Lipinski definition) is 0. The molecule has 6 heteroatoms. The normalized spacial score (nSPS) is 12.7. The molecule has 1 unspecified atom stereocenters. The molecule has 0 radical (unpaired) electrons. The number of carbonyl (C=O) groups is 3. The van der Waals surface area contributed by atoms with Crippen LogP contribution in [-0.4, -0.2) is 37.2 Å². The molecule has 54 heavy (non-hydrogen) atoms. The first kappa shape index (κ1) is 50.9. The molecule has 0 saturated carbocycles. The first-order valence-corrected chi connectivity index (χ1v) is 21.9. The molecule has 1 atom stereocenters. The summed E-state index contributed by atoms with van der Waals surface area (Å²) in [4.78, 5) is 37.6. The molecule has 0 fully saturated rings. The Balaban J connectivity index is 4.48. The van der Waals surface area contributed by atoms with Crippen molar-refractivity contribution in [2.45, 2.75) is 200 Å². The molecule has 0 aromatic rings. The second-order valence-electron chi connectivity index (χ2n) is 14.2. The zero-order valence-corrected chi connectivity index (χ0v) is 35.0. The number of hydrogen-bond acceptors (Lipinski definition) is 6. The standard InChI is InChI=1S/C48H80O6/c1-4-7-10-13-16-19-22-23-24-27-29-32-35-38-41-47(50)53-44-45(54-48(51)42-39-36-33-30-26-21-18-15-12-9-6-3)43-52-46(49)40-37-34-31-28-25-20-17-14-11-8-5-2/h8-9,11-12,17-18,20-21,28,30-31,33,45H,4-7,10,13-16,19,22-27,29,32,34-44H2,1-3H3/b11-8-,12-9-,20-17-,21-18-,31-28-,33-30-. The minimum absolute atomic E-state index is 0.110. The summed E-state index contributed by atoms with van der Waals surface area (Å²) < 4.78 is 16.6. The Hall–Kier alpha value is -3.15. The molecule has 0 bridgehead atoms. The topological polar surface area (TPSA) is 78.9 Å². The highest BCUT2D eigenvalue weighted by Crippen LogP contribution is 2.14. The predicted octanol–water partition coefficient (Wildman–Crippen LogP) is 13.9. The Morgan fingerprint density at radius 1 is 0.389 bits per heavy atom. The predicted molar refractivity (Wildman–Crippen MR) is 228 cm³/mol. The van der Waals surface area contributed by atoms with Gasteiger partial charge >= 0.3 is 17.9 Å². The first-order valence-electron chi connectivity index (χ1n) is 21.9. The van der Waals surface area contributed by atoms with Gasteiger partial charge in [0.1, 0.15) is 13.2 Å². The van der Waals surface area contributed by atoms with Crippen LogP contribution in [0.2, 0.25) is 0 Å². The lowest BCUT2D eigenvalue weighted by atomic mass is 10.0. The third kappa shape index (κ3) is 40.0. The van der Waals surface area contributed by atoms with Crippen molar-refractivity contribution in [2.75, 3.05) is 13.2 Å². The van der Waals surface area contributed by atoms with E-state index in [0.717, 1.165) is 70.6 Å². The lowest BCUT2D eigenvalue weighted by molar-refractivity contribution is -0.167. The van der Waals surface area contributed by atoms with Crippen LogP contribution in [0.15, 0.2) is 72.9 Å². The van der Waals surface area contributed by atoms with Crippen molar-refractivity contribution in [2.24, 2.45) is 0 Å². The fourth-order valence-corrected chi connectivity index (χ4v) is 5.72. The van der Waals surface area contributed by atoms with Crippen LogP contribution >= 0.6 is 0 Å². The first-order chi connectivity index (χ1) is 26.5.